The summed E-state index contributed by atoms with van der Waals surface area (Å²) in [5, 5.41) is 17.5. The van der Waals surface area contributed by atoms with Crippen LogP contribution in [0, 0.1) is 21.7 Å². The molecule has 0 aliphatic rings. The average molecular weight is 433 g/mol. The summed E-state index contributed by atoms with van der Waals surface area (Å²) in [6, 6.07) is 21.1. The summed E-state index contributed by atoms with van der Waals surface area (Å²) < 4.78 is 27.6. The van der Waals surface area contributed by atoms with Crippen molar-refractivity contribution in [3.63, 3.8) is 0 Å². The Balaban J connectivity index is 1.76. The van der Waals surface area contributed by atoms with E-state index in [-0.39, 0.29) is 17.3 Å². The van der Waals surface area contributed by atoms with Gasteiger partial charge in [-0.05, 0) is 23.3 Å². The van der Waals surface area contributed by atoms with E-state index in [1.807, 2.05) is 60.7 Å². The first-order valence-electron chi connectivity index (χ1n) is 9.61. The van der Waals surface area contributed by atoms with E-state index < -0.39 is 28.3 Å². The Kier molecular flexibility index (Phi) is 5.98. The third-order valence-electron chi connectivity index (χ3n) is 4.73. The van der Waals surface area contributed by atoms with Crippen molar-refractivity contribution in [2.75, 3.05) is 10.6 Å². The quantitative estimate of drug-likeness (QED) is 0.291. The molecular formula is C23H17F2N5O2. The molecule has 0 unspecified atom stereocenters. The van der Waals surface area contributed by atoms with Crippen LogP contribution >= 0.6 is 0 Å². The van der Waals surface area contributed by atoms with Crippen molar-refractivity contribution in [2.24, 2.45) is 0 Å². The summed E-state index contributed by atoms with van der Waals surface area (Å²) in [5.41, 5.74) is 0.947. The van der Waals surface area contributed by atoms with Gasteiger partial charge < -0.3 is 10.6 Å². The molecule has 0 amide bonds. The maximum absolute atomic E-state index is 14.1. The van der Waals surface area contributed by atoms with E-state index in [1.54, 1.807) is 0 Å². The molecule has 0 fully saturated rings. The number of halogens is 2. The molecule has 0 atom stereocenters. The summed E-state index contributed by atoms with van der Waals surface area (Å²) in [7, 11) is 0. The fraction of sp³-hybridized carbons (Fsp3) is 0.0435. The Labute approximate surface area is 181 Å². The van der Waals surface area contributed by atoms with Gasteiger partial charge in [-0.3, -0.25) is 10.1 Å². The largest absolute Gasteiger partial charge is 0.353 e. The van der Waals surface area contributed by atoms with Gasteiger partial charge in [-0.25, -0.2) is 18.7 Å². The summed E-state index contributed by atoms with van der Waals surface area (Å²) in [4.78, 5) is 19.2. The normalized spacial score (nSPS) is 10.7. The van der Waals surface area contributed by atoms with Crippen LogP contribution in [0.2, 0.25) is 0 Å². The van der Waals surface area contributed by atoms with E-state index in [1.165, 1.54) is 0 Å². The molecule has 9 heteroatoms. The highest BCUT2D eigenvalue weighted by atomic mass is 19.1. The topological polar surface area (TPSA) is 93.0 Å². The molecule has 4 rings (SSSR count). The van der Waals surface area contributed by atoms with Gasteiger partial charge in [0.15, 0.2) is 0 Å². The number of nitro groups is 1. The standard InChI is InChI=1S/C23H17F2N5O2/c24-17-11-12-18(25)19(13-17)28-22-21(30(31)32)23(27-14-26-22)29-20(15-7-3-1-4-8-15)16-9-5-2-6-10-16/h1-14,20H,(H2,26,27,28,29). The van der Waals surface area contributed by atoms with Gasteiger partial charge in [0.05, 0.1) is 16.7 Å². The molecule has 1 heterocycles. The molecule has 0 saturated heterocycles. The number of rotatable bonds is 7. The van der Waals surface area contributed by atoms with Crippen molar-refractivity contribution in [3.05, 3.63) is 118 Å². The van der Waals surface area contributed by atoms with E-state index in [9.17, 15) is 18.9 Å². The lowest BCUT2D eigenvalue weighted by atomic mass is 9.99. The number of hydrogen-bond donors (Lipinski definition) is 2. The van der Waals surface area contributed by atoms with Crippen molar-refractivity contribution in [2.45, 2.75) is 6.04 Å². The highest BCUT2D eigenvalue weighted by Crippen LogP contribution is 2.35. The molecule has 0 aliphatic carbocycles. The SMILES string of the molecule is O=[N+]([O-])c1c(Nc2cc(F)ccc2F)ncnc1NC(c1ccccc1)c1ccccc1. The zero-order chi connectivity index (χ0) is 22.5. The van der Waals surface area contributed by atoms with E-state index in [2.05, 4.69) is 20.6 Å². The Morgan fingerprint density at radius 1 is 0.844 bits per heavy atom. The fourth-order valence-electron chi connectivity index (χ4n) is 3.26. The molecule has 0 spiro atoms. The van der Waals surface area contributed by atoms with Crippen molar-refractivity contribution < 1.29 is 13.7 Å². The van der Waals surface area contributed by atoms with Gasteiger partial charge in [-0.2, -0.15) is 0 Å². The van der Waals surface area contributed by atoms with Crippen LogP contribution in [0.15, 0.2) is 85.2 Å². The minimum absolute atomic E-state index is 0.0676. The highest BCUT2D eigenvalue weighted by molar-refractivity contribution is 5.74. The number of hydrogen-bond acceptors (Lipinski definition) is 6. The first kappa shape index (κ1) is 20.9. The fourth-order valence-corrected chi connectivity index (χ4v) is 3.26. The minimum atomic E-state index is -0.778. The lowest BCUT2D eigenvalue weighted by Gasteiger charge is -2.20. The lowest BCUT2D eigenvalue weighted by Crippen LogP contribution is -2.15. The highest BCUT2D eigenvalue weighted by Gasteiger charge is 2.26. The van der Waals surface area contributed by atoms with Crippen LogP contribution < -0.4 is 10.6 Å². The van der Waals surface area contributed by atoms with Crippen LogP contribution in [0.4, 0.5) is 31.8 Å². The zero-order valence-electron chi connectivity index (χ0n) is 16.6. The molecule has 1 aromatic heterocycles. The van der Waals surface area contributed by atoms with Gasteiger partial charge in [-0.1, -0.05) is 60.7 Å². The van der Waals surface area contributed by atoms with Gasteiger partial charge in [0.25, 0.3) is 0 Å². The van der Waals surface area contributed by atoms with Crippen LogP contribution in [0.5, 0.6) is 0 Å². The molecular weight excluding hydrogens is 416 g/mol. The van der Waals surface area contributed by atoms with Crippen LogP contribution in [0.3, 0.4) is 0 Å². The smallest absolute Gasteiger partial charge is 0.353 e. The molecule has 7 nitrogen and oxygen atoms in total. The third-order valence-corrected chi connectivity index (χ3v) is 4.73. The summed E-state index contributed by atoms with van der Waals surface area (Å²) >= 11 is 0. The van der Waals surface area contributed by atoms with Gasteiger partial charge in [0.1, 0.15) is 18.0 Å². The molecule has 0 radical (unpaired) electrons. The summed E-state index contributed by atoms with van der Waals surface area (Å²) in [6.07, 6.45) is 1.11. The number of nitrogens with one attached hydrogen (secondary N) is 2. The average Bonchev–Trinajstić information content (AvgIpc) is 2.81. The predicted octanol–water partition coefficient (Wildman–Crippen LogP) is 5.61. The Hall–Kier alpha value is -4.40. The summed E-state index contributed by atoms with van der Waals surface area (Å²) in [6.45, 7) is 0. The molecule has 160 valence electrons. The molecule has 0 aliphatic heterocycles. The van der Waals surface area contributed by atoms with Gasteiger partial charge in [0, 0.05) is 6.07 Å². The monoisotopic (exact) mass is 433 g/mol. The van der Waals surface area contributed by atoms with E-state index >= 15 is 0 Å². The van der Waals surface area contributed by atoms with E-state index in [4.69, 9.17) is 0 Å². The Morgan fingerprint density at radius 3 is 2.03 bits per heavy atom. The van der Waals surface area contributed by atoms with Crippen molar-refractivity contribution in [1.82, 2.24) is 9.97 Å². The first-order chi connectivity index (χ1) is 15.5. The lowest BCUT2D eigenvalue weighted by molar-refractivity contribution is -0.383. The second-order valence-corrected chi connectivity index (χ2v) is 6.82. The van der Waals surface area contributed by atoms with Crippen LogP contribution in [-0.4, -0.2) is 14.9 Å². The van der Waals surface area contributed by atoms with Gasteiger partial charge in [0.2, 0.25) is 11.6 Å². The van der Waals surface area contributed by atoms with Crippen molar-refractivity contribution >= 4 is 23.0 Å². The Morgan fingerprint density at radius 2 is 1.44 bits per heavy atom. The number of benzene rings is 3. The number of anilines is 3. The zero-order valence-corrected chi connectivity index (χ0v) is 16.6. The van der Waals surface area contributed by atoms with Crippen molar-refractivity contribution in [3.8, 4) is 0 Å². The van der Waals surface area contributed by atoms with Gasteiger partial charge in [-0.15, -0.1) is 0 Å². The minimum Gasteiger partial charge on any atom is -0.353 e. The van der Waals surface area contributed by atoms with E-state index in [0.29, 0.717) is 0 Å². The second kappa shape index (κ2) is 9.17. The van der Waals surface area contributed by atoms with Crippen LogP contribution in [-0.2, 0) is 0 Å². The predicted molar refractivity (Wildman–Crippen MR) is 117 cm³/mol. The number of aromatic nitrogens is 2. The molecule has 0 bridgehead atoms. The molecule has 32 heavy (non-hydrogen) atoms. The second-order valence-electron chi connectivity index (χ2n) is 6.82. The molecule has 4 aromatic rings. The van der Waals surface area contributed by atoms with Crippen LogP contribution in [0.25, 0.3) is 0 Å². The van der Waals surface area contributed by atoms with E-state index in [0.717, 1.165) is 35.7 Å². The van der Waals surface area contributed by atoms with Crippen molar-refractivity contribution in [1.29, 1.82) is 0 Å². The Bertz CT molecular complexity index is 1200. The maximum atomic E-state index is 14.1. The molecule has 3 aromatic carbocycles. The number of nitrogens with zero attached hydrogens (tertiary/aromatic N) is 3. The molecule has 2 N–H and O–H groups in total. The first-order valence-corrected chi connectivity index (χ1v) is 9.61. The van der Waals surface area contributed by atoms with Gasteiger partial charge >= 0.3 is 5.69 Å². The third kappa shape index (κ3) is 4.51. The molecule has 0 saturated carbocycles. The maximum Gasteiger partial charge on any atom is 0.353 e. The summed E-state index contributed by atoms with van der Waals surface area (Å²) in [5.74, 6) is -1.81. The van der Waals surface area contributed by atoms with Crippen LogP contribution in [0.1, 0.15) is 17.2 Å².